The Labute approximate surface area is 186 Å². The minimum absolute atomic E-state index is 0.0954. The molecular weight excluding hydrogens is 380 g/mol. The molecule has 1 atom stereocenters. The second-order valence-electron chi connectivity index (χ2n) is 7.87. The smallest absolute Gasteiger partial charge is 0.228 e. The summed E-state index contributed by atoms with van der Waals surface area (Å²) in [5.41, 5.74) is 11.5. The number of carbonyl (C=O) groups is 1. The van der Waals surface area contributed by atoms with Crippen LogP contribution in [0.2, 0.25) is 0 Å². The molecule has 3 nitrogen and oxygen atoms in total. The molecule has 1 amide bonds. The van der Waals surface area contributed by atoms with Gasteiger partial charge in [0.2, 0.25) is 5.91 Å². The van der Waals surface area contributed by atoms with Crippen LogP contribution in [0.5, 0.6) is 0 Å². The van der Waals surface area contributed by atoms with Crippen molar-refractivity contribution in [2.24, 2.45) is 5.73 Å². The molecule has 3 heteroatoms. The van der Waals surface area contributed by atoms with Crippen LogP contribution in [0.1, 0.15) is 40.8 Å². The quantitative estimate of drug-likeness (QED) is 0.479. The molecule has 3 aromatic carbocycles. The second-order valence-corrected chi connectivity index (χ2v) is 7.87. The van der Waals surface area contributed by atoms with Crippen molar-refractivity contribution in [2.75, 3.05) is 6.54 Å². The summed E-state index contributed by atoms with van der Waals surface area (Å²) < 4.78 is 0. The topological polar surface area (TPSA) is 46.3 Å². The molecule has 31 heavy (non-hydrogen) atoms. The van der Waals surface area contributed by atoms with Gasteiger partial charge >= 0.3 is 0 Å². The standard InChI is InChI=1S/C28H32N2O/c1-3-23-15-17-26(18-16-23)27(10-7-19-29)30(21-25-13-11-22(2)12-14-25)28(31)20-24-8-5-4-6-9-24/h4-18,27H,3,19-21,29H2,1-2H3/b10-7+/t27-/m1/s1. The SMILES string of the molecule is CCc1ccc([C@@H](/C=C/CN)N(Cc2ccc(C)cc2)C(=O)Cc2ccccc2)cc1. The van der Waals surface area contributed by atoms with Crippen molar-refractivity contribution in [2.45, 2.75) is 39.3 Å². The number of amides is 1. The van der Waals surface area contributed by atoms with E-state index >= 15 is 0 Å². The van der Waals surface area contributed by atoms with Crippen LogP contribution in [-0.4, -0.2) is 17.4 Å². The van der Waals surface area contributed by atoms with Crippen LogP contribution in [0.3, 0.4) is 0 Å². The molecule has 3 aromatic rings. The summed E-state index contributed by atoms with van der Waals surface area (Å²) in [5.74, 6) is 0.0954. The summed E-state index contributed by atoms with van der Waals surface area (Å²) in [5, 5.41) is 0. The zero-order chi connectivity index (χ0) is 22.1. The fourth-order valence-corrected chi connectivity index (χ4v) is 3.66. The van der Waals surface area contributed by atoms with Crippen LogP contribution >= 0.6 is 0 Å². The van der Waals surface area contributed by atoms with Crippen molar-refractivity contribution in [1.82, 2.24) is 4.90 Å². The molecule has 0 saturated heterocycles. The highest BCUT2D eigenvalue weighted by atomic mass is 16.2. The summed E-state index contributed by atoms with van der Waals surface area (Å²) in [6.07, 6.45) is 5.35. The first kappa shape index (κ1) is 22.5. The Hall–Kier alpha value is -3.17. The van der Waals surface area contributed by atoms with Gasteiger partial charge in [-0.1, -0.05) is 104 Å². The second kappa shape index (κ2) is 11.3. The van der Waals surface area contributed by atoms with Crippen molar-refractivity contribution in [3.05, 3.63) is 119 Å². The summed E-state index contributed by atoms with van der Waals surface area (Å²) in [4.78, 5) is 15.5. The van der Waals surface area contributed by atoms with Crippen molar-refractivity contribution >= 4 is 5.91 Å². The lowest BCUT2D eigenvalue weighted by Crippen LogP contribution is -2.35. The van der Waals surface area contributed by atoms with Crippen LogP contribution in [0, 0.1) is 6.92 Å². The fourth-order valence-electron chi connectivity index (χ4n) is 3.66. The highest BCUT2D eigenvalue weighted by Gasteiger charge is 2.24. The van der Waals surface area contributed by atoms with Gasteiger partial charge in [-0.25, -0.2) is 0 Å². The summed E-state index contributed by atoms with van der Waals surface area (Å²) >= 11 is 0. The van der Waals surface area contributed by atoms with Crippen LogP contribution in [-0.2, 0) is 24.2 Å². The first-order valence-corrected chi connectivity index (χ1v) is 10.9. The van der Waals surface area contributed by atoms with Crippen LogP contribution < -0.4 is 5.73 Å². The van der Waals surface area contributed by atoms with E-state index in [2.05, 4.69) is 68.5 Å². The molecule has 0 bridgehead atoms. The van der Waals surface area contributed by atoms with Gasteiger partial charge in [-0.3, -0.25) is 4.79 Å². The summed E-state index contributed by atoms with van der Waals surface area (Å²) in [6.45, 7) is 5.20. The molecule has 0 fully saturated rings. The van der Waals surface area contributed by atoms with Gasteiger partial charge in [0.25, 0.3) is 0 Å². The third-order valence-corrected chi connectivity index (χ3v) is 5.51. The molecule has 0 aliphatic heterocycles. The first-order valence-electron chi connectivity index (χ1n) is 10.9. The molecule has 2 N–H and O–H groups in total. The van der Waals surface area contributed by atoms with Crippen molar-refractivity contribution in [3.8, 4) is 0 Å². The van der Waals surface area contributed by atoms with Gasteiger partial charge in [-0.2, -0.15) is 0 Å². The van der Waals surface area contributed by atoms with Gasteiger partial charge in [0.1, 0.15) is 0 Å². The van der Waals surface area contributed by atoms with Gasteiger partial charge in [-0.15, -0.1) is 0 Å². The van der Waals surface area contributed by atoms with Gasteiger partial charge < -0.3 is 10.6 Å². The fraction of sp³-hybridized carbons (Fsp3) is 0.250. The third kappa shape index (κ3) is 6.40. The molecule has 0 aliphatic rings. The molecule has 0 saturated carbocycles. The van der Waals surface area contributed by atoms with Crippen LogP contribution in [0.25, 0.3) is 0 Å². The largest absolute Gasteiger partial charge is 0.328 e. The van der Waals surface area contributed by atoms with E-state index in [0.717, 1.165) is 23.1 Å². The maximum absolute atomic E-state index is 13.5. The van der Waals surface area contributed by atoms with Gasteiger partial charge in [0.15, 0.2) is 0 Å². The zero-order valence-electron chi connectivity index (χ0n) is 18.5. The summed E-state index contributed by atoms with van der Waals surface area (Å²) in [7, 11) is 0. The number of benzene rings is 3. The Balaban J connectivity index is 1.97. The van der Waals surface area contributed by atoms with Gasteiger partial charge in [-0.05, 0) is 35.6 Å². The van der Waals surface area contributed by atoms with Gasteiger partial charge in [0, 0.05) is 13.1 Å². The Morgan fingerprint density at radius 1 is 0.903 bits per heavy atom. The van der Waals surface area contributed by atoms with Crippen LogP contribution in [0.15, 0.2) is 91.0 Å². The van der Waals surface area contributed by atoms with E-state index in [1.807, 2.05) is 41.3 Å². The number of hydrogen-bond donors (Lipinski definition) is 1. The number of aryl methyl sites for hydroxylation is 2. The Bertz CT molecular complexity index is 976. The van der Waals surface area contributed by atoms with E-state index in [-0.39, 0.29) is 11.9 Å². The number of nitrogens with zero attached hydrogens (tertiary/aromatic N) is 1. The highest BCUT2D eigenvalue weighted by molar-refractivity contribution is 5.79. The predicted molar refractivity (Wildman–Crippen MR) is 129 cm³/mol. The number of nitrogens with two attached hydrogens (primary N) is 1. The third-order valence-electron chi connectivity index (χ3n) is 5.51. The molecule has 0 spiro atoms. The van der Waals surface area contributed by atoms with Crippen molar-refractivity contribution in [1.29, 1.82) is 0 Å². The van der Waals surface area contributed by atoms with Crippen molar-refractivity contribution in [3.63, 3.8) is 0 Å². The highest BCUT2D eigenvalue weighted by Crippen LogP contribution is 2.26. The molecule has 160 valence electrons. The van der Waals surface area contributed by atoms with E-state index in [0.29, 0.717) is 19.5 Å². The van der Waals surface area contributed by atoms with E-state index in [4.69, 9.17) is 5.73 Å². The minimum atomic E-state index is -0.174. The van der Waals surface area contributed by atoms with Crippen LogP contribution in [0.4, 0.5) is 0 Å². The van der Waals surface area contributed by atoms with E-state index in [1.165, 1.54) is 11.1 Å². The maximum atomic E-state index is 13.5. The zero-order valence-corrected chi connectivity index (χ0v) is 18.5. The molecular formula is C28H32N2O. The summed E-state index contributed by atoms with van der Waals surface area (Å²) in [6, 6.07) is 26.7. The molecule has 0 unspecified atom stereocenters. The monoisotopic (exact) mass is 412 g/mol. The Morgan fingerprint density at radius 2 is 1.55 bits per heavy atom. The minimum Gasteiger partial charge on any atom is -0.328 e. The molecule has 0 heterocycles. The molecule has 0 aromatic heterocycles. The molecule has 0 radical (unpaired) electrons. The van der Waals surface area contributed by atoms with E-state index in [9.17, 15) is 4.79 Å². The Morgan fingerprint density at radius 3 is 2.16 bits per heavy atom. The predicted octanol–water partition coefficient (Wildman–Crippen LogP) is 5.38. The average molecular weight is 413 g/mol. The number of carbonyl (C=O) groups excluding carboxylic acids is 1. The van der Waals surface area contributed by atoms with Crippen molar-refractivity contribution < 1.29 is 4.79 Å². The number of rotatable bonds is 9. The average Bonchev–Trinajstić information content (AvgIpc) is 2.80. The Kier molecular flexibility index (Phi) is 8.19. The van der Waals surface area contributed by atoms with E-state index in [1.54, 1.807) is 0 Å². The lowest BCUT2D eigenvalue weighted by molar-refractivity contribution is -0.132. The first-order chi connectivity index (χ1) is 15.1. The maximum Gasteiger partial charge on any atom is 0.228 e. The lowest BCUT2D eigenvalue weighted by Gasteiger charge is -2.31. The molecule has 0 aliphatic carbocycles. The lowest BCUT2D eigenvalue weighted by atomic mass is 10.00. The van der Waals surface area contributed by atoms with E-state index < -0.39 is 0 Å². The van der Waals surface area contributed by atoms with Gasteiger partial charge in [0.05, 0.1) is 12.5 Å². The normalized spacial score (nSPS) is 12.1. The number of hydrogen-bond acceptors (Lipinski definition) is 2. The molecule has 3 rings (SSSR count).